The van der Waals surface area contributed by atoms with Gasteiger partial charge in [-0.2, -0.15) is 0 Å². The Kier molecular flexibility index (Phi) is 6.05. The minimum atomic E-state index is -0.00373. The van der Waals surface area contributed by atoms with Gasteiger partial charge in [0.2, 0.25) is 0 Å². The van der Waals surface area contributed by atoms with Crippen molar-refractivity contribution in [2.75, 3.05) is 19.6 Å². The van der Waals surface area contributed by atoms with Crippen LogP contribution in [0.15, 0.2) is 54.6 Å². The van der Waals surface area contributed by atoms with Crippen LogP contribution >= 0.6 is 11.6 Å². The van der Waals surface area contributed by atoms with Crippen LogP contribution in [0.3, 0.4) is 0 Å². The number of rotatable bonds is 3. The van der Waals surface area contributed by atoms with Crippen LogP contribution in [0.1, 0.15) is 35.2 Å². The molecule has 0 unspecified atom stereocenters. The summed E-state index contributed by atoms with van der Waals surface area (Å²) in [5.74, 6) is 0.474. The quantitative estimate of drug-likeness (QED) is 0.823. The monoisotopic (exact) mass is 411 g/mol. The Bertz CT molecular complexity index is 873. The van der Waals surface area contributed by atoms with Crippen molar-refractivity contribution in [1.29, 1.82) is 0 Å². The minimum absolute atomic E-state index is 0.00373. The molecule has 2 heterocycles. The lowest BCUT2D eigenvalue weighted by molar-refractivity contribution is 0.0757. The maximum Gasteiger partial charge on any atom is 0.317 e. The number of halogens is 1. The molecule has 2 atom stereocenters. The van der Waals surface area contributed by atoms with Crippen molar-refractivity contribution in [3.8, 4) is 0 Å². The highest BCUT2D eigenvalue weighted by molar-refractivity contribution is 6.30. The fourth-order valence-corrected chi connectivity index (χ4v) is 4.69. The van der Waals surface area contributed by atoms with E-state index in [-0.39, 0.29) is 18.0 Å². The van der Waals surface area contributed by atoms with Gasteiger partial charge in [-0.15, -0.1) is 0 Å². The van der Waals surface area contributed by atoms with Crippen LogP contribution in [-0.4, -0.2) is 47.4 Å². The van der Waals surface area contributed by atoms with E-state index in [0.717, 1.165) is 37.9 Å². The number of urea groups is 1. The fourth-order valence-electron chi connectivity index (χ4n) is 4.50. The molecule has 1 N–H and O–H groups in total. The van der Waals surface area contributed by atoms with Gasteiger partial charge in [0.15, 0.2) is 0 Å². The molecule has 3 amide bonds. The summed E-state index contributed by atoms with van der Waals surface area (Å²) in [6.07, 6.45) is 2.75. The standard InChI is InChI=1S/C23H26ClN3O2/c24-20-8-4-7-19(15-20)22(28)26-12-9-18-10-14-27(21(18)11-13-26)23(29)25-16-17-5-2-1-3-6-17/h1-8,15,18,21H,9-14,16H2,(H,25,29)/t18-,21+/m0/s1. The summed E-state index contributed by atoms with van der Waals surface area (Å²) in [6.45, 7) is 2.71. The van der Waals surface area contributed by atoms with E-state index < -0.39 is 0 Å². The summed E-state index contributed by atoms with van der Waals surface area (Å²) in [5.41, 5.74) is 1.72. The maximum absolute atomic E-state index is 12.9. The van der Waals surface area contributed by atoms with E-state index >= 15 is 0 Å². The minimum Gasteiger partial charge on any atom is -0.339 e. The highest BCUT2D eigenvalue weighted by Gasteiger charge is 2.39. The van der Waals surface area contributed by atoms with Crippen LogP contribution in [0.2, 0.25) is 5.02 Å². The van der Waals surface area contributed by atoms with E-state index in [1.54, 1.807) is 18.2 Å². The maximum atomic E-state index is 12.9. The van der Waals surface area contributed by atoms with Gasteiger partial charge in [0.25, 0.3) is 5.91 Å². The molecule has 5 nitrogen and oxygen atoms in total. The van der Waals surface area contributed by atoms with Crippen molar-refractivity contribution in [3.05, 3.63) is 70.7 Å². The van der Waals surface area contributed by atoms with Gasteiger partial charge in [-0.05, 0) is 48.9 Å². The molecule has 2 aliphatic rings. The number of carbonyl (C=O) groups is 2. The predicted octanol–water partition coefficient (Wildman–Crippen LogP) is 4.18. The van der Waals surface area contributed by atoms with Crippen molar-refractivity contribution in [2.24, 2.45) is 5.92 Å². The highest BCUT2D eigenvalue weighted by atomic mass is 35.5. The SMILES string of the molecule is O=C(c1cccc(Cl)c1)N1CC[C@H]2CCN(C(=O)NCc3ccccc3)[C@@H]2CC1. The lowest BCUT2D eigenvalue weighted by Gasteiger charge is -2.27. The molecule has 0 spiro atoms. The number of benzene rings is 2. The third-order valence-electron chi connectivity index (χ3n) is 6.06. The Morgan fingerprint density at radius 2 is 1.72 bits per heavy atom. The lowest BCUT2D eigenvalue weighted by Crippen LogP contribution is -2.44. The van der Waals surface area contributed by atoms with Crippen LogP contribution in [0.25, 0.3) is 0 Å². The summed E-state index contributed by atoms with van der Waals surface area (Å²) < 4.78 is 0. The molecule has 2 aromatic rings. The Balaban J connectivity index is 1.37. The summed E-state index contributed by atoms with van der Waals surface area (Å²) in [7, 11) is 0. The average Bonchev–Trinajstić information content (AvgIpc) is 3.04. The molecule has 2 fully saturated rings. The Morgan fingerprint density at radius 3 is 2.52 bits per heavy atom. The van der Waals surface area contributed by atoms with E-state index in [4.69, 9.17) is 11.6 Å². The van der Waals surface area contributed by atoms with Crippen LogP contribution in [0.4, 0.5) is 4.79 Å². The third-order valence-corrected chi connectivity index (χ3v) is 6.29. The molecule has 2 aliphatic heterocycles. The molecule has 2 saturated heterocycles. The van der Waals surface area contributed by atoms with E-state index in [2.05, 4.69) is 5.32 Å². The molecule has 0 bridgehead atoms. The number of carbonyl (C=O) groups excluding carboxylic acids is 2. The number of hydrogen-bond acceptors (Lipinski definition) is 2. The first-order valence-electron chi connectivity index (χ1n) is 10.2. The smallest absolute Gasteiger partial charge is 0.317 e. The first-order chi connectivity index (χ1) is 14.1. The molecule has 0 saturated carbocycles. The van der Waals surface area contributed by atoms with Crippen LogP contribution in [0, 0.1) is 5.92 Å². The van der Waals surface area contributed by atoms with Gasteiger partial charge in [-0.1, -0.05) is 48.0 Å². The first kappa shape index (κ1) is 19.8. The average molecular weight is 412 g/mol. The zero-order chi connectivity index (χ0) is 20.2. The summed E-state index contributed by atoms with van der Waals surface area (Å²) in [4.78, 5) is 29.5. The van der Waals surface area contributed by atoms with Gasteiger partial charge in [0.1, 0.15) is 0 Å². The van der Waals surface area contributed by atoms with Crippen molar-refractivity contribution < 1.29 is 9.59 Å². The summed E-state index contributed by atoms with van der Waals surface area (Å²) in [5, 5.41) is 3.63. The Labute approximate surface area is 176 Å². The molecule has 6 heteroatoms. The Morgan fingerprint density at radius 1 is 0.966 bits per heavy atom. The molecule has 0 aliphatic carbocycles. The lowest BCUT2D eigenvalue weighted by atomic mass is 9.96. The largest absolute Gasteiger partial charge is 0.339 e. The molecular formula is C23H26ClN3O2. The van der Waals surface area contributed by atoms with Crippen LogP contribution in [0.5, 0.6) is 0 Å². The molecule has 152 valence electrons. The fraction of sp³-hybridized carbons (Fsp3) is 0.391. The number of fused-ring (bicyclic) bond motifs is 1. The predicted molar refractivity (Wildman–Crippen MR) is 114 cm³/mol. The van der Waals surface area contributed by atoms with E-state index in [9.17, 15) is 9.59 Å². The van der Waals surface area contributed by atoms with Gasteiger partial charge >= 0.3 is 6.03 Å². The normalized spacial score (nSPS) is 21.4. The zero-order valence-electron chi connectivity index (χ0n) is 16.4. The van der Waals surface area contributed by atoms with Crippen molar-refractivity contribution in [2.45, 2.75) is 31.8 Å². The zero-order valence-corrected chi connectivity index (χ0v) is 17.1. The topological polar surface area (TPSA) is 52.7 Å². The van der Waals surface area contributed by atoms with E-state index in [1.807, 2.05) is 46.2 Å². The van der Waals surface area contributed by atoms with E-state index in [1.165, 1.54) is 0 Å². The number of nitrogens with one attached hydrogen (secondary N) is 1. The van der Waals surface area contributed by atoms with Gasteiger partial charge < -0.3 is 15.1 Å². The second-order valence-electron chi connectivity index (χ2n) is 7.83. The molecular weight excluding hydrogens is 386 g/mol. The molecule has 2 aromatic carbocycles. The van der Waals surface area contributed by atoms with Gasteiger partial charge in [0, 0.05) is 42.8 Å². The summed E-state index contributed by atoms with van der Waals surface area (Å²) >= 11 is 6.04. The second-order valence-corrected chi connectivity index (χ2v) is 8.27. The molecule has 4 rings (SSSR count). The van der Waals surface area contributed by atoms with Gasteiger partial charge in [-0.25, -0.2) is 4.79 Å². The van der Waals surface area contributed by atoms with Crippen LogP contribution < -0.4 is 5.32 Å². The number of amides is 3. The van der Waals surface area contributed by atoms with Gasteiger partial charge in [-0.3, -0.25) is 4.79 Å². The number of hydrogen-bond donors (Lipinski definition) is 1. The van der Waals surface area contributed by atoms with E-state index in [0.29, 0.717) is 29.6 Å². The Hall–Kier alpha value is -2.53. The number of likely N-dealkylation sites (tertiary alicyclic amines) is 2. The van der Waals surface area contributed by atoms with Gasteiger partial charge in [0.05, 0.1) is 0 Å². The third kappa shape index (κ3) is 4.56. The molecule has 0 aromatic heterocycles. The highest BCUT2D eigenvalue weighted by Crippen LogP contribution is 2.32. The number of nitrogens with zero attached hydrogens (tertiary/aromatic N) is 2. The first-order valence-corrected chi connectivity index (χ1v) is 10.6. The van der Waals surface area contributed by atoms with Crippen molar-refractivity contribution in [3.63, 3.8) is 0 Å². The second kappa shape index (κ2) is 8.87. The summed E-state index contributed by atoms with van der Waals surface area (Å²) in [6, 6.07) is 17.3. The van der Waals surface area contributed by atoms with Crippen molar-refractivity contribution in [1.82, 2.24) is 15.1 Å². The van der Waals surface area contributed by atoms with Crippen LogP contribution in [-0.2, 0) is 6.54 Å². The van der Waals surface area contributed by atoms with Crippen molar-refractivity contribution >= 4 is 23.5 Å². The molecule has 0 radical (unpaired) electrons. The molecule has 29 heavy (non-hydrogen) atoms.